The fourth-order valence-electron chi connectivity index (χ4n) is 3.44. The van der Waals surface area contributed by atoms with Crippen LogP contribution in [0.3, 0.4) is 0 Å². The van der Waals surface area contributed by atoms with E-state index in [0.29, 0.717) is 10.6 Å². The Morgan fingerprint density at radius 3 is 2.15 bits per heavy atom. The molecule has 0 bridgehead atoms. The Labute approximate surface area is 206 Å². The van der Waals surface area contributed by atoms with Gasteiger partial charge in [-0.3, -0.25) is 3.96 Å². The molecule has 8 heteroatoms. The van der Waals surface area contributed by atoms with Crippen LogP contribution in [0, 0.1) is 0 Å². The van der Waals surface area contributed by atoms with Crippen molar-refractivity contribution in [1.82, 2.24) is 8.94 Å². The zero-order valence-corrected chi connectivity index (χ0v) is 20.6. The van der Waals surface area contributed by atoms with Gasteiger partial charge in [0.15, 0.2) is 15.7 Å². The van der Waals surface area contributed by atoms with E-state index in [-0.39, 0.29) is 27.8 Å². The van der Waals surface area contributed by atoms with Crippen molar-refractivity contribution in [3.05, 3.63) is 108 Å². The van der Waals surface area contributed by atoms with Gasteiger partial charge in [-0.1, -0.05) is 78.9 Å². The molecule has 1 heterocycles. The highest BCUT2D eigenvalue weighted by Gasteiger charge is 2.20. The third kappa shape index (κ3) is 5.13. The second-order valence-corrected chi connectivity index (χ2v) is 10.2. The monoisotopic (exact) mass is 536 g/mol. The molecule has 0 fully saturated rings. The van der Waals surface area contributed by atoms with E-state index in [1.54, 1.807) is 16.1 Å². The van der Waals surface area contributed by atoms with Crippen LogP contribution >= 0.6 is 11.5 Å². The summed E-state index contributed by atoms with van der Waals surface area (Å²) in [6, 6.07) is 32.0. The molecule has 33 heavy (non-hydrogen) atoms. The number of aromatic nitrogens is 2. The minimum absolute atomic E-state index is 0. The maximum absolute atomic E-state index is 13.3. The molecule has 0 aliphatic rings. The lowest BCUT2D eigenvalue weighted by Crippen LogP contribution is -3.00. The van der Waals surface area contributed by atoms with Gasteiger partial charge >= 0.3 is 0 Å². The first kappa shape index (κ1) is 23.1. The molecule has 0 atom stereocenters. The number of benzene rings is 4. The molecule has 0 aliphatic heterocycles. The zero-order chi connectivity index (χ0) is 22.0. The Morgan fingerprint density at radius 2 is 1.42 bits per heavy atom. The molecule has 166 valence electrons. The molecule has 0 spiro atoms. The van der Waals surface area contributed by atoms with Crippen LogP contribution in [0.1, 0.15) is 0 Å². The lowest BCUT2D eigenvalue weighted by molar-refractivity contribution is -0.00000871. The molecule has 5 rings (SSSR count). The number of rotatable bonds is 5. The molecule has 5 nitrogen and oxygen atoms in total. The maximum Gasteiger partial charge on any atom is 0.228 e. The Kier molecular flexibility index (Phi) is 6.88. The number of halogens is 1. The highest BCUT2D eigenvalue weighted by Crippen LogP contribution is 2.24. The first-order valence-electron chi connectivity index (χ1n) is 10.0. The molecule has 0 N–H and O–H groups in total. The van der Waals surface area contributed by atoms with Gasteiger partial charge in [-0.2, -0.15) is 4.98 Å². The Bertz CT molecular complexity index is 1560. The first-order chi connectivity index (χ1) is 15.6. The van der Waals surface area contributed by atoms with Gasteiger partial charge in [-0.15, -0.1) is 0 Å². The normalized spacial score (nSPS) is 11.9. The lowest BCUT2D eigenvalue weighted by Gasteiger charge is -2.09. The third-order valence-corrected chi connectivity index (χ3v) is 7.61. The molecule has 1 aromatic heterocycles. The highest BCUT2D eigenvalue weighted by molar-refractivity contribution is 7.90. The summed E-state index contributed by atoms with van der Waals surface area (Å²) in [5.74, 6) is 0.368. The van der Waals surface area contributed by atoms with Crippen molar-refractivity contribution >= 4 is 37.8 Å². The van der Waals surface area contributed by atoms with Crippen molar-refractivity contribution < 1.29 is 25.4 Å². The van der Waals surface area contributed by atoms with Gasteiger partial charge in [0.05, 0.1) is 10.6 Å². The number of nitrogens with zero attached hydrogens (tertiary/aromatic N) is 3. The van der Waals surface area contributed by atoms with Gasteiger partial charge in [0.25, 0.3) is 0 Å². The van der Waals surface area contributed by atoms with Crippen LogP contribution in [-0.4, -0.2) is 17.4 Å². The van der Waals surface area contributed by atoms with E-state index in [9.17, 15) is 8.42 Å². The van der Waals surface area contributed by atoms with Crippen molar-refractivity contribution in [2.75, 3.05) is 0 Å². The molecular formula is C25H19BrN3O2S2-. The van der Waals surface area contributed by atoms with E-state index in [1.165, 1.54) is 11.5 Å². The van der Waals surface area contributed by atoms with E-state index in [2.05, 4.69) is 9.98 Å². The molecule has 0 radical (unpaired) electrons. The predicted octanol–water partition coefficient (Wildman–Crippen LogP) is 2.43. The zero-order valence-electron chi connectivity index (χ0n) is 17.4. The summed E-state index contributed by atoms with van der Waals surface area (Å²) in [4.78, 5) is 10.0. The average molecular weight is 537 g/mol. The number of fused-ring (bicyclic) bond motifs is 1. The Morgan fingerprint density at radius 1 is 0.788 bits per heavy atom. The molecule has 4 aromatic carbocycles. The smallest absolute Gasteiger partial charge is 0.228 e. The van der Waals surface area contributed by atoms with E-state index < -0.39 is 9.84 Å². The van der Waals surface area contributed by atoms with Crippen LogP contribution in [0.25, 0.3) is 22.2 Å². The van der Waals surface area contributed by atoms with Crippen molar-refractivity contribution in [2.24, 2.45) is 4.99 Å². The van der Waals surface area contributed by atoms with Crippen LogP contribution in [0.5, 0.6) is 0 Å². The highest BCUT2D eigenvalue weighted by atomic mass is 79.9. The Hall–Kier alpha value is -3.07. The van der Waals surface area contributed by atoms with E-state index >= 15 is 0 Å². The first-order valence-corrected chi connectivity index (χ1v) is 12.5. The number of sulfone groups is 1. The van der Waals surface area contributed by atoms with Gasteiger partial charge in [0.1, 0.15) is 5.88 Å². The predicted molar refractivity (Wildman–Crippen MR) is 128 cm³/mol. The standard InChI is InChI=1S/C25H19N3O2S2.BrH/c29-32(30,23-16-15-19-9-7-8-12-21(19)17-23)18-28-24(20-10-3-1-4-11-20)27-25(31-28)26-22-13-5-2-6-14-22;/h1-17H,18H2;1H/p-1. The molecule has 0 aliphatic carbocycles. The number of hydrogen-bond acceptors (Lipinski definition) is 5. The summed E-state index contributed by atoms with van der Waals surface area (Å²) in [5, 5.41) is 1.90. The number of hydrogen-bond donors (Lipinski definition) is 0. The van der Waals surface area contributed by atoms with Gasteiger partial charge in [-0.05, 0) is 46.6 Å². The lowest BCUT2D eigenvalue weighted by atomic mass is 10.1. The summed E-state index contributed by atoms with van der Waals surface area (Å²) in [6.45, 7) is 0. The SMILES string of the molecule is O=S(=O)(Cn1sc(=Nc2ccccc2)nc1-c1ccccc1)c1ccc2ccccc2c1.[Br-]. The van der Waals surface area contributed by atoms with Gasteiger partial charge < -0.3 is 17.0 Å². The second-order valence-electron chi connectivity index (χ2n) is 7.25. The third-order valence-electron chi connectivity index (χ3n) is 5.01. The number of para-hydroxylation sites is 1. The Balaban J connectivity index is 0.00000259. The van der Waals surface area contributed by atoms with Crippen molar-refractivity contribution in [1.29, 1.82) is 0 Å². The molecule has 5 aromatic rings. The van der Waals surface area contributed by atoms with Crippen LogP contribution in [-0.2, 0) is 15.7 Å². The van der Waals surface area contributed by atoms with E-state index in [1.807, 2.05) is 91.0 Å². The van der Waals surface area contributed by atoms with Crippen molar-refractivity contribution in [2.45, 2.75) is 10.8 Å². The maximum atomic E-state index is 13.3. The molecule has 0 unspecified atom stereocenters. The molecular weight excluding hydrogens is 518 g/mol. The van der Waals surface area contributed by atoms with Gasteiger partial charge in [-0.25, -0.2) is 13.4 Å². The van der Waals surface area contributed by atoms with Crippen molar-refractivity contribution in [3.63, 3.8) is 0 Å². The summed E-state index contributed by atoms with van der Waals surface area (Å²) < 4.78 is 28.3. The van der Waals surface area contributed by atoms with Crippen LogP contribution in [0.2, 0.25) is 0 Å². The molecule has 0 amide bonds. The van der Waals surface area contributed by atoms with E-state index in [4.69, 9.17) is 0 Å². The fourth-order valence-corrected chi connectivity index (χ4v) is 5.93. The second kappa shape index (κ2) is 9.82. The minimum atomic E-state index is -3.60. The summed E-state index contributed by atoms with van der Waals surface area (Å²) in [7, 11) is -3.60. The van der Waals surface area contributed by atoms with Crippen LogP contribution in [0.4, 0.5) is 5.69 Å². The van der Waals surface area contributed by atoms with E-state index in [0.717, 1.165) is 22.0 Å². The van der Waals surface area contributed by atoms with Crippen LogP contribution in [0.15, 0.2) is 113 Å². The molecule has 0 saturated heterocycles. The van der Waals surface area contributed by atoms with Gasteiger partial charge in [0, 0.05) is 5.56 Å². The molecule has 0 saturated carbocycles. The topological polar surface area (TPSA) is 64.3 Å². The largest absolute Gasteiger partial charge is 1.00 e. The minimum Gasteiger partial charge on any atom is -1.00 e. The van der Waals surface area contributed by atoms with Crippen molar-refractivity contribution in [3.8, 4) is 11.4 Å². The summed E-state index contributed by atoms with van der Waals surface area (Å²) in [5.41, 5.74) is 1.61. The van der Waals surface area contributed by atoms with Crippen LogP contribution < -0.4 is 21.8 Å². The van der Waals surface area contributed by atoms with Gasteiger partial charge in [0.2, 0.25) is 4.80 Å². The summed E-state index contributed by atoms with van der Waals surface area (Å²) in [6.07, 6.45) is 0. The average Bonchev–Trinajstić information content (AvgIpc) is 3.21. The quantitative estimate of drug-likeness (QED) is 0.346. The summed E-state index contributed by atoms with van der Waals surface area (Å²) >= 11 is 1.23. The fraction of sp³-hybridized carbons (Fsp3) is 0.0400.